The second kappa shape index (κ2) is 5.77. The van der Waals surface area contributed by atoms with Gasteiger partial charge in [0.25, 0.3) is 0 Å². The summed E-state index contributed by atoms with van der Waals surface area (Å²) in [4.78, 5) is 18.7. The van der Waals surface area contributed by atoms with Crippen LogP contribution in [0.15, 0.2) is 35.1 Å². The van der Waals surface area contributed by atoms with E-state index in [4.69, 9.17) is 4.74 Å². The van der Waals surface area contributed by atoms with Gasteiger partial charge in [-0.25, -0.2) is 9.18 Å². The highest BCUT2D eigenvalue weighted by Gasteiger charge is 2.33. The zero-order valence-electron chi connectivity index (χ0n) is 12.7. The van der Waals surface area contributed by atoms with Gasteiger partial charge in [0.05, 0.1) is 31.5 Å². The minimum atomic E-state index is -0.236. The van der Waals surface area contributed by atoms with Gasteiger partial charge in [0, 0.05) is 12.6 Å². The topological polar surface area (TPSA) is 47.4 Å². The van der Waals surface area contributed by atoms with Crippen molar-refractivity contribution in [2.24, 2.45) is 0 Å². The van der Waals surface area contributed by atoms with Crippen molar-refractivity contribution >= 4 is 5.82 Å². The number of ether oxygens (including phenoxy) is 1. The molecule has 0 bridgehead atoms. The maximum absolute atomic E-state index is 13.2. The quantitative estimate of drug-likeness (QED) is 0.859. The Morgan fingerprint density at radius 3 is 3.09 bits per heavy atom. The van der Waals surface area contributed by atoms with Crippen LogP contribution in [0.25, 0.3) is 0 Å². The van der Waals surface area contributed by atoms with Crippen LogP contribution in [0.1, 0.15) is 11.3 Å². The lowest BCUT2D eigenvalue weighted by molar-refractivity contribution is 0.0956. The minimum absolute atomic E-state index is 0.203. The lowest BCUT2D eigenvalue weighted by Crippen LogP contribution is -2.43. The zero-order chi connectivity index (χ0) is 15.8. The van der Waals surface area contributed by atoms with Gasteiger partial charge in [-0.15, -0.1) is 0 Å². The van der Waals surface area contributed by atoms with Crippen LogP contribution in [0.3, 0.4) is 0 Å². The summed E-state index contributed by atoms with van der Waals surface area (Å²) in [6.07, 6.45) is 1.29. The fourth-order valence-electron chi connectivity index (χ4n) is 3.36. The lowest BCUT2D eigenvalue weighted by Gasteiger charge is -2.30. The van der Waals surface area contributed by atoms with Crippen LogP contribution in [0.2, 0.25) is 0 Å². The highest BCUT2D eigenvalue weighted by molar-refractivity contribution is 5.46. The van der Waals surface area contributed by atoms with Crippen LogP contribution < -0.4 is 10.6 Å². The predicted molar refractivity (Wildman–Crippen MR) is 84.3 cm³/mol. The van der Waals surface area contributed by atoms with Crippen molar-refractivity contribution < 1.29 is 9.13 Å². The third-order valence-electron chi connectivity index (χ3n) is 4.52. The smallest absolute Gasteiger partial charge is 0.349 e. The molecule has 0 amide bonds. The molecule has 1 unspecified atom stereocenters. The molecule has 1 atom stereocenters. The Bertz CT molecular complexity index is 790. The molecular weight excluding hydrogens is 297 g/mol. The molecule has 1 aromatic heterocycles. The number of morpholine rings is 1. The maximum Gasteiger partial charge on any atom is 0.349 e. The van der Waals surface area contributed by atoms with Crippen molar-refractivity contribution in [3.63, 3.8) is 0 Å². The molecule has 1 saturated heterocycles. The average Bonchev–Trinajstić information content (AvgIpc) is 2.93. The largest absolute Gasteiger partial charge is 0.377 e. The number of benzene rings is 1. The number of aromatic nitrogens is 2. The standard InChI is InChI=1S/C17H18FN3O2/c18-13-3-1-2-12(8-13)4-5-14-9-16-20-6-7-23-11-15(20)10-21(16)17(22)19-14/h1-3,8-9,15H,4-7,10-11H2. The Morgan fingerprint density at radius 2 is 2.22 bits per heavy atom. The summed E-state index contributed by atoms with van der Waals surface area (Å²) in [7, 11) is 0. The highest BCUT2D eigenvalue weighted by Crippen LogP contribution is 2.26. The number of hydrogen-bond donors (Lipinski definition) is 0. The van der Waals surface area contributed by atoms with Gasteiger partial charge in [-0.05, 0) is 30.5 Å². The van der Waals surface area contributed by atoms with Gasteiger partial charge in [-0.1, -0.05) is 12.1 Å². The van der Waals surface area contributed by atoms with E-state index in [1.165, 1.54) is 12.1 Å². The zero-order valence-corrected chi connectivity index (χ0v) is 12.7. The molecule has 2 aliphatic heterocycles. The molecular formula is C17H18FN3O2. The fraction of sp³-hybridized carbons (Fsp3) is 0.412. The van der Waals surface area contributed by atoms with Gasteiger partial charge in [0.2, 0.25) is 0 Å². The van der Waals surface area contributed by atoms with Gasteiger partial charge < -0.3 is 9.64 Å². The minimum Gasteiger partial charge on any atom is -0.377 e. The van der Waals surface area contributed by atoms with Crippen molar-refractivity contribution in [1.29, 1.82) is 0 Å². The van der Waals surface area contributed by atoms with Gasteiger partial charge in [0.1, 0.15) is 11.6 Å². The fourth-order valence-corrected chi connectivity index (χ4v) is 3.36. The van der Waals surface area contributed by atoms with Crippen molar-refractivity contribution in [3.05, 3.63) is 57.9 Å². The van der Waals surface area contributed by atoms with Crippen LogP contribution in [-0.2, 0) is 24.1 Å². The van der Waals surface area contributed by atoms with Crippen LogP contribution in [0.4, 0.5) is 10.2 Å². The molecule has 5 nitrogen and oxygen atoms in total. The molecule has 2 aliphatic rings. The maximum atomic E-state index is 13.2. The van der Waals surface area contributed by atoms with Crippen LogP contribution in [-0.4, -0.2) is 35.4 Å². The number of halogens is 1. The Balaban J connectivity index is 1.57. The molecule has 4 rings (SSSR count). The molecule has 1 aromatic carbocycles. The summed E-state index contributed by atoms with van der Waals surface area (Å²) < 4.78 is 20.5. The summed E-state index contributed by atoms with van der Waals surface area (Å²) in [5.74, 6) is 0.702. The van der Waals surface area contributed by atoms with E-state index in [0.29, 0.717) is 32.6 Å². The van der Waals surface area contributed by atoms with Crippen molar-refractivity contribution in [2.75, 3.05) is 24.7 Å². The van der Waals surface area contributed by atoms with Crippen LogP contribution in [0.5, 0.6) is 0 Å². The van der Waals surface area contributed by atoms with E-state index >= 15 is 0 Å². The van der Waals surface area contributed by atoms with E-state index in [1.54, 1.807) is 10.6 Å². The van der Waals surface area contributed by atoms with Gasteiger partial charge in [-0.2, -0.15) is 4.98 Å². The van der Waals surface area contributed by atoms with E-state index in [1.807, 2.05) is 12.1 Å². The van der Waals surface area contributed by atoms with E-state index in [-0.39, 0.29) is 17.5 Å². The molecule has 120 valence electrons. The third-order valence-corrected chi connectivity index (χ3v) is 4.52. The Hall–Kier alpha value is -2.21. The van der Waals surface area contributed by atoms with E-state index < -0.39 is 0 Å². The molecule has 0 saturated carbocycles. The summed E-state index contributed by atoms with van der Waals surface area (Å²) in [5.41, 5.74) is 1.47. The molecule has 0 radical (unpaired) electrons. The number of nitrogens with zero attached hydrogens (tertiary/aromatic N) is 3. The number of anilines is 1. The first-order valence-corrected chi connectivity index (χ1v) is 7.90. The van der Waals surface area contributed by atoms with Crippen molar-refractivity contribution in [1.82, 2.24) is 9.55 Å². The van der Waals surface area contributed by atoms with Gasteiger partial charge >= 0.3 is 5.69 Å². The van der Waals surface area contributed by atoms with Crippen molar-refractivity contribution in [2.45, 2.75) is 25.4 Å². The first-order valence-electron chi connectivity index (χ1n) is 7.90. The monoisotopic (exact) mass is 315 g/mol. The normalized spacial score (nSPS) is 19.5. The van der Waals surface area contributed by atoms with E-state index in [2.05, 4.69) is 9.88 Å². The Morgan fingerprint density at radius 1 is 1.30 bits per heavy atom. The molecule has 0 N–H and O–H groups in total. The average molecular weight is 315 g/mol. The van der Waals surface area contributed by atoms with Crippen LogP contribution in [0, 0.1) is 5.82 Å². The molecule has 6 heteroatoms. The first kappa shape index (κ1) is 14.4. The van der Waals surface area contributed by atoms with Gasteiger partial charge in [-0.3, -0.25) is 4.57 Å². The SMILES string of the molecule is O=c1nc(CCc2cccc(F)c2)cc2n1CC1COCCN21. The molecule has 23 heavy (non-hydrogen) atoms. The summed E-state index contributed by atoms with van der Waals surface area (Å²) in [5, 5.41) is 0. The second-order valence-corrected chi connectivity index (χ2v) is 6.05. The molecule has 2 aromatic rings. The van der Waals surface area contributed by atoms with Crippen molar-refractivity contribution in [3.8, 4) is 0 Å². The second-order valence-electron chi connectivity index (χ2n) is 6.05. The third kappa shape index (κ3) is 2.74. The number of hydrogen-bond acceptors (Lipinski definition) is 4. The van der Waals surface area contributed by atoms with E-state index in [9.17, 15) is 9.18 Å². The number of rotatable bonds is 3. The summed E-state index contributed by atoms with van der Waals surface area (Å²) in [6.45, 7) is 2.79. The van der Waals surface area contributed by atoms with Gasteiger partial charge in [0.15, 0.2) is 0 Å². The summed E-state index contributed by atoms with van der Waals surface area (Å²) in [6, 6.07) is 8.78. The molecule has 0 aliphatic carbocycles. The predicted octanol–water partition coefficient (Wildman–Crippen LogP) is 1.39. The summed E-state index contributed by atoms with van der Waals surface area (Å²) >= 11 is 0. The Kier molecular flexibility index (Phi) is 3.61. The van der Waals surface area contributed by atoms with E-state index in [0.717, 1.165) is 23.6 Å². The number of aryl methyl sites for hydroxylation is 2. The number of fused-ring (bicyclic) bond motifs is 3. The highest BCUT2D eigenvalue weighted by atomic mass is 19.1. The molecule has 0 spiro atoms. The lowest BCUT2D eigenvalue weighted by atomic mass is 10.1. The van der Waals surface area contributed by atoms with Crippen LogP contribution >= 0.6 is 0 Å². The first-order chi connectivity index (χ1) is 11.2. The molecule has 3 heterocycles. The molecule has 1 fully saturated rings. The Labute approximate surface area is 133 Å².